The summed E-state index contributed by atoms with van der Waals surface area (Å²) in [6.45, 7) is 2.11. The van der Waals surface area contributed by atoms with Crippen LogP contribution in [0.15, 0.2) is 42.5 Å². The van der Waals surface area contributed by atoms with E-state index in [1.807, 2.05) is 24.3 Å². The molecule has 0 saturated carbocycles. The zero-order chi connectivity index (χ0) is 16.0. The smallest absolute Gasteiger partial charge is 0.132 e. The van der Waals surface area contributed by atoms with E-state index >= 15 is 0 Å². The van der Waals surface area contributed by atoms with Gasteiger partial charge in [0.25, 0.3) is 0 Å². The van der Waals surface area contributed by atoms with Gasteiger partial charge in [-0.3, -0.25) is 0 Å². The molecule has 0 radical (unpaired) electrons. The summed E-state index contributed by atoms with van der Waals surface area (Å²) < 4.78 is 10.9. The Hall–Kier alpha value is -2.88. The van der Waals surface area contributed by atoms with Crippen LogP contribution in [0.4, 0.5) is 0 Å². The molecular weight excluding hydrogens is 288 g/mol. The summed E-state index contributed by atoms with van der Waals surface area (Å²) in [4.78, 5) is 6.98. The number of H-pyrrole nitrogens is 2. The maximum Gasteiger partial charge on any atom is 0.132 e. The molecule has 2 aromatic carbocycles. The second kappa shape index (κ2) is 5.09. The molecule has 0 aliphatic rings. The second-order valence-corrected chi connectivity index (χ2v) is 5.65. The predicted molar refractivity (Wildman–Crippen MR) is 93.4 cm³/mol. The van der Waals surface area contributed by atoms with E-state index in [1.165, 1.54) is 5.39 Å². The Bertz CT molecular complexity index is 978. The highest BCUT2D eigenvalue weighted by Crippen LogP contribution is 2.38. The van der Waals surface area contributed by atoms with Gasteiger partial charge in [-0.25, -0.2) is 0 Å². The van der Waals surface area contributed by atoms with Crippen molar-refractivity contribution in [2.75, 3.05) is 14.2 Å². The van der Waals surface area contributed by atoms with Gasteiger partial charge in [-0.1, -0.05) is 18.2 Å². The highest BCUT2D eigenvalue weighted by molar-refractivity contribution is 5.97. The lowest BCUT2D eigenvalue weighted by Crippen LogP contribution is -1.88. The number of hydrogen-bond acceptors (Lipinski definition) is 2. The lowest BCUT2D eigenvalue weighted by molar-refractivity contribution is 0.398. The minimum absolute atomic E-state index is 0.777. The van der Waals surface area contributed by atoms with Crippen LogP contribution in [0.1, 0.15) is 5.56 Å². The van der Waals surface area contributed by atoms with Crippen LogP contribution in [0.3, 0.4) is 0 Å². The fourth-order valence-corrected chi connectivity index (χ4v) is 3.19. The molecule has 0 saturated heterocycles. The molecule has 0 spiro atoms. The number of benzene rings is 2. The van der Waals surface area contributed by atoms with E-state index in [0.29, 0.717) is 0 Å². The van der Waals surface area contributed by atoms with Crippen LogP contribution in [-0.4, -0.2) is 24.2 Å². The van der Waals surface area contributed by atoms with Gasteiger partial charge in [-0.15, -0.1) is 0 Å². The quantitative estimate of drug-likeness (QED) is 0.579. The standard InChI is InChI=1S/C19H18N2O2/c1-11-18-15(9-13(22-2)10-17(18)23-3)21-19(11)16-8-12-6-4-5-7-14(12)20-16/h4-10,20-21H,1-3H3. The summed E-state index contributed by atoms with van der Waals surface area (Å²) in [7, 11) is 3.35. The van der Waals surface area contributed by atoms with Crippen molar-refractivity contribution in [2.24, 2.45) is 0 Å². The number of nitrogens with one attached hydrogen (secondary N) is 2. The molecule has 4 aromatic rings. The molecule has 2 heterocycles. The van der Waals surface area contributed by atoms with Gasteiger partial charge in [0.2, 0.25) is 0 Å². The molecule has 0 aliphatic heterocycles. The molecule has 4 rings (SSSR count). The topological polar surface area (TPSA) is 50.0 Å². The van der Waals surface area contributed by atoms with Crippen LogP contribution in [0.5, 0.6) is 11.5 Å². The first-order valence-electron chi connectivity index (χ1n) is 7.53. The average molecular weight is 306 g/mol. The normalized spacial score (nSPS) is 11.3. The first-order chi connectivity index (χ1) is 11.2. The number of fused-ring (bicyclic) bond motifs is 2. The second-order valence-electron chi connectivity index (χ2n) is 5.65. The Balaban J connectivity index is 1.98. The number of aromatic nitrogens is 2. The van der Waals surface area contributed by atoms with E-state index in [9.17, 15) is 0 Å². The molecule has 0 bridgehead atoms. The first-order valence-corrected chi connectivity index (χ1v) is 7.53. The Labute approximate surface area is 134 Å². The summed E-state index contributed by atoms with van der Waals surface area (Å²) in [5, 5.41) is 2.28. The van der Waals surface area contributed by atoms with Crippen molar-refractivity contribution in [3.63, 3.8) is 0 Å². The molecular formula is C19H18N2O2. The molecule has 4 heteroatoms. The average Bonchev–Trinajstić information content (AvgIpc) is 3.15. The van der Waals surface area contributed by atoms with Crippen molar-refractivity contribution < 1.29 is 9.47 Å². The maximum atomic E-state index is 5.55. The molecule has 4 nitrogen and oxygen atoms in total. The van der Waals surface area contributed by atoms with Crippen LogP contribution in [0, 0.1) is 6.92 Å². The van der Waals surface area contributed by atoms with E-state index in [4.69, 9.17) is 9.47 Å². The number of rotatable bonds is 3. The molecule has 2 N–H and O–H groups in total. The predicted octanol–water partition coefficient (Wildman–Crippen LogP) is 4.64. The number of aryl methyl sites for hydroxylation is 1. The molecule has 0 unspecified atom stereocenters. The molecule has 23 heavy (non-hydrogen) atoms. The minimum atomic E-state index is 0.777. The van der Waals surface area contributed by atoms with Gasteiger partial charge in [0.15, 0.2) is 0 Å². The number of hydrogen-bond donors (Lipinski definition) is 2. The lowest BCUT2D eigenvalue weighted by atomic mass is 10.1. The lowest BCUT2D eigenvalue weighted by Gasteiger charge is -2.06. The van der Waals surface area contributed by atoms with Crippen molar-refractivity contribution in [3.8, 4) is 22.9 Å². The van der Waals surface area contributed by atoms with Crippen molar-refractivity contribution >= 4 is 21.8 Å². The highest BCUT2D eigenvalue weighted by atomic mass is 16.5. The fourth-order valence-electron chi connectivity index (χ4n) is 3.19. The third-order valence-corrected chi connectivity index (χ3v) is 4.34. The molecule has 0 atom stereocenters. The van der Waals surface area contributed by atoms with E-state index in [1.54, 1.807) is 14.2 Å². The third-order valence-electron chi connectivity index (χ3n) is 4.34. The Kier molecular flexibility index (Phi) is 3.05. The number of methoxy groups -OCH3 is 2. The van der Waals surface area contributed by atoms with Gasteiger partial charge < -0.3 is 19.4 Å². The van der Waals surface area contributed by atoms with Crippen LogP contribution < -0.4 is 9.47 Å². The Morgan fingerprint density at radius 1 is 0.870 bits per heavy atom. The maximum absolute atomic E-state index is 5.55. The van der Waals surface area contributed by atoms with Crippen LogP contribution in [0.2, 0.25) is 0 Å². The first kappa shape index (κ1) is 13.8. The zero-order valence-corrected chi connectivity index (χ0v) is 13.4. The van der Waals surface area contributed by atoms with Gasteiger partial charge in [-0.2, -0.15) is 0 Å². The van der Waals surface area contributed by atoms with Gasteiger partial charge in [0, 0.05) is 28.4 Å². The third kappa shape index (κ3) is 2.06. The molecule has 0 fully saturated rings. The summed E-state index contributed by atoms with van der Waals surface area (Å²) in [5.41, 5.74) is 5.44. The van der Waals surface area contributed by atoms with Crippen LogP contribution >= 0.6 is 0 Å². The van der Waals surface area contributed by atoms with Crippen molar-refractivity contribution in [1.82, 2.24) is 9.97 Å². The van der Waals surface area contributed by atoms with Crippen molar-refractivity contribution in [2.45, 2.75) is 6.92 Å². The molecule has 116 valence electrons. The SMILES string of the molecule is COc1cc(OC)c2c(C)c(-c3cc4ccccc4[nH]3)[nH]c2c1. The molecule has 0 aliphatic carbocycles. The number of para-hydroxylation sites is 1. The van der Waals surface area contributed by atoms with Crippen LogP contribution in [-0.2, 0) is 0 Å². The molecule has 0 amide bonds. The summed E-state index contributed by atoms with van der Waals surface area (Å²) in [6, 6.07) is 14.4. The van der Waals surface area contributed by atoms with Crippen molar-refractivity contribution in [3.05, 3.63) is 48.0 Å². The van der Waals surface area contributed by atoms with E-state index < -0.39 is 0 Å². The van der Waals surface area contributed by atoms with Gasteiger partial charge in [-0.05, 0) is 24.6 Å². The zero-order valence-electron chi connectivity index (χ0n) is 13.4. The van der Waals surface area contributed by atoms with Crippen LogP contribution in [0.25, 0.3) is 33.2 Å². The van der Waals surface area contributed by atoms with Gasteiger partial charge in [0.05, 0.1) is 31.1 Å². The van der Waals surface area contributed by atoms with E-state index in [0.717, 1.165) is 44.9 Å². The minimum Gasteiger partial charge on any atom is -0.497 e. The van der Waals surface area contributed by atoms with E-state index in [2.05, 4.69) is 35.1 Å². The number of ether oxygens (including phenoxy) is 2. The Morgan fingerprint density at radius 3 is 2.43 bits per heavy atom. The van der Waals surface area contributed by atoms with Crippen molar-refractivity contribution in [1.29, 1.82) is 0 Å². The number of aromatic amines is 2. The fraction of sp³-hybridized carbons (Fsp3) is 0.158. The highest BCUT2D eigenvalue weighted by Gasteiger charge is 2.16. The molecule has 2 aromatic heterocycles. The van der Waals surface area contributed by atoms with E-state index in [-0.39, 0.29) is 0 Å². The Morgan fingerprint density at radius 2 is 1.70 bits per heavy atom. The summed E-state index contributed by atoms with van der Waals surface area (Å²) >= 11 is 0. The largest absolute Gasteiger partial charge is 0.497 e. The van der Waals surface area contributed by atoms with Gasteiger partial charge in [0.1, 0.15) is 11.5 Å². The monoisotopic (exact) mass is 306 g/mol. The summed E-state index contributed by atoms with van der Waals surface area (Å²) in [6.07, 6.45) is 0. The summed E-state index contributed by atoms with van der Waals surface area (Å²) in [5.74, 6) is 1.59. The van der Waals surface area contributed by atoms with Gasteiger partial charge >= 0.3 is 0 Å².